The van der Waals surface area contributed by atoms with Gasteiger partial charge in [-0.25, -0.2) is 4.39 Å². The normalized spacial score (nSPS) is 15.6. The van der Waals surface area contributed by atoms with Crippen molar-refractivity contribution in [3.8, 4) is 5.75 Å². The number of halogens is 5. The Morgan fingerprint density at radius 2 is 1.86 bits per heavy atom. The molecular weight excluding hydrogens is 311 g/mol. The molecule has 0 aliphatic rings. The van der Waals surface area contributed by atoms with Crippen LogP contribution >= 0.6 is 0 Å². The summed E-state index contributed by atoms with van der Waals surface area (Å²) in [4.78, 5) is 0. The van der Waals surface area contributed by atoms with Crippen molar-refractivity contribution in [2.45, 2.75) is 25.1 Å². The molecule has 22 heavy (non-hydrogen) atoms. The molecule has 0 amide bonds. The third-order valence-electron chi connectivity index (χ3n) is 3.22. The van der Waals surface area contributed by atoms with E-state index >= 15 is 0 Å². The Labute approximate surface area is 123 Å². The molecule has 0 aliphatic heterocycles. The topological polar surface area (TPSA) is 49.7 Å². The van der Waals surface area contributed by atoms with Crippen molar-refractivity contribution in [1.29, 1.82) is 0 Å². The summed E-state index contributed by atoms with van der Waals surface area (Å²) in [6.07, 6.45) is -4.94. The molecule has 124 valence electrons. The lowest BCUT2D eigenvalue weighted by Gasteiger charge is -2.29. The van der Waals surface area contributed by atoms with Crippen molar-refractivity contribution >= 4 is 5.57 Å². The fourth-order valence-corrected chi connectivity index (χ4v) is 1.90. The van der Waals surface area contributed by atoms with Gasteiger partial charge in [0, 0.05) is 12.0 Å². The Kier molecular flexibility index (Phi) is 5.53. The van der Waals surface area contributed by atoms with Gasteiger partial charge in [-0.15, -0.1) is 0 Å². The van der Waals surface area contributed by atoms with E-state index in [0.717, 1.165) is 19.2 Å². The van der Waals surface area contributed by atoms with E-state index in [4.69, 9.17) is 9.84 Å². The smallest absolute Gasteiger partial charge is 0.419 e. The van der Waals surface area contributed by atoms with Crippen molar-refractivity contribution in [3.63, 3.8) is 0 Å². The first kappa shape index (κ1) is 18.4. The molecule has 1 atom stereocenters. The van der Waals surface area contributed by atoms with Crippen LogP contribution < -0.4 is 4.74 Å². The van der Waals surface area contributed by atoms with E-state index in [0.29, 0.717) is 0 Å². The van der Waals surface area contributed by atoms with E-state index in [1.54, 1.807) is 0 Å². The number of rotatable bonds is 5. The average molecular weight is 326 g/mol. The highest BCUT2D eigenvalue weighted by atomic mass is 19.4. The van der Waals surface area contributed by atoms with Crippen LogP contribution in [0.1, 0.15) is 18.9 Å². The van der Waals surface area contributed by atoms with Gasteiger partial charge >= 0.3 is 6.18 Å². The molecular formula is C14H15F5O3. The van der Waals surface area contributed by atoms with Gasteiger partial charge < -0.3 is 14.9 Å². The molecule has 1 rings (SSSR count). The first-order valence-electron chi connectivity index (χ1n) is 6.18. The Bertz CT molecular complexity index is 568. The van der Waals surface area contributed by atoms with Crippen molar-refractivity contribution in [3.05, 3.63) is 35.4 Å². The molecule has 1 unspecified atom stereocenters. The van der Waals surface area contributed by atoms with Gasteiger partial charge in [-0.1, -0.05) is 6.08 Å². The molecule has 0 aromatic heterocycles. The van der Waals surface area contributed by atoms with Gasteiger partial charge in [0.05, 0.1) is 13.7 Å². The number of aliphatic hydroxyl groups excluding tert-OH is 1. The van der Waals surface area contributed by atoms with Crippen molar-refractivity contribution in [2.24, 2.45) is 0 Å². The van der Waals surface area contributed by atoms with Gasteiger partial charge in [0.1, 0.15) is 0 Å². The molecule has 0 saturated carbocycles. The largest absolute Gasteiger partial charge is 0.493 e. The highest BCUT2D eigenvalue weighted by Crippen LogP contribution is 2.40. The lowest BCUT2D eigenvalue weighted by Crippen LogP contribution is -2.48. The van der Waals surface area contributed by atoms with Gasteiger partial charge in [-0.05, 0) is 24.6 Å². The first-order valence-corrected chi connectivity index (χ1v) is 6.18. The maximum atomic E-state index is 13.6. The minimum Gasteiger partial charge on any atom is -0.493 e. The summed E-state index contributed by atoms with van der Waals surface area (Å²) in [7, 11) is 1.04. The molecule has 0 aliphatic carbocycles. The van der Waals surface area contributed by atoms with Crippen LogP contribution in [0.5, 0.6) is 5.75 Å². The summed E-state index contributed by atoms with van der Waals surface area (Å²) >= 11 is 0. The van der Waals surface area contributed by atoms with E-state index < -0.39 is 42.2 Å². The number of methoxy groups -OCH3 is 1. The maximum Gasteiger partial charge on any atom is 0.419 e. The molecule has 0 heterocycles. The van der Waals surface area contributed by atoms with Gasteiger partial charge in [0.2, 0.25) is 5.82 Å². The number of aliphatic hydroxyl groups is 2. The number of hydrogen-bond acceptors (Lipinski definition) is 3. The number of ether oxygens (including phenoxy) is 1. The predicted octanol–water partition coefficient (Wildman–Crippen LogP) is 3.05. The fraction of sp³-hybridized carbons (Fsp3) is 0.429. The van der Waals surface area contributed by atoms with E-state index in [1.807, 2.05) is 0 Å². The maximum absolute atomic E-state index is 13.6. The zero-order valence-corrected chi connectivity index (χ0v) is 11.8. The van der Waals surface area contributed by atoms with Crippen LogP contribution in [0.4, 0.5) is 22.0 Å². The average Bonchev–Trinajstić information content (AvgIpc) is 2.46. The fourth-order valence-electron chi connectivity index (χ4n) is 1.90. The van der Waals surface area contributed by atoms with E-state index in [1.165, 1.54) is 13.0 Å². The molecule has 2 N–H and O–H groups in total. The summed E-state index contributed by atoms with van der Waals surface area (Å²) in [6.45, 7) is -0.204. The Balaban J connectivity index is 3.33. The Morgan fingerprint density at radius 3 is 2.27 bits per heavy atom. The van der Waals surface area contributed by atoms with Crippen LogP contribution in [0.25, 0.3) is 5.57 Å². The second-order valence-corrected chi connectivity index (χ2v) is 4.62. The van der Waals surface area contributed by atoms with Gasteiger partial charge in [0.15, 0.2) is 17.2 Å². The molecule has 0 bridgehead atoms. The van der Waals surface area contributed by atoms with Crippen molar-refractivity contribution in [1.82, 2.24) is 0 Å². The quantitative estimate of drug-likeness (QED) is 0.818. The van der Waals surface area contributed by atoms with E-state index in [9.17, 15) is 27.1 Å². The zero-order valence-electron chi connectivity index (χ0n) is 11.8. The molecule has 3 nitrogen and oxygen atoms in total. The Hall–Kier alpha value is -1.67. The standard InChI is InChI=1S/C14H15F5O3/c1-3-8(6-13(21,7-20)14(17,18)19)9-4-5-10(15)11(16)12(9)22-2/h3-5,20-21H,6-7H2,1-2H3/b8-3+. The monoisotopic (exact) mass is 326 g/mol. The summed E-state index contributed by atoms with van der Waals surface area (Å²) in [5.41, 5.74) is -3.69. The molecule has 1 aromatic rings. The summed E-state index contributed by atoms with van der Waals surface area (Å²) in [5.74, 6) is -3.14. The Morgan fingerprint density at radius 1 is 1.27 bits per heavy atom. The minimum atomic E-state index is -5.10. The molecule has 0 saturated heterocycles. The first-order chi connectivity index (χ1) is 10.1. The number of alkyl halides is 3. The van der Waals surface area contributed by atoms with Crippen LogP contribution in [0.3, 0.4) is 0 Å². The minimum absolute atomic E-state index is 0.139. The number of benzene rings is 1. The van der Waals surface area contributed by atoms with Crippen LogP contribution in [-0.2, 0) is 0 Å². The number of allylic oxidation sites excluding steroid dienone is 1. The second-order valence-electron chi connectivity index (χ2n) is 4.62. The lowest BCUT2D eigenvalue weighted by molar-refractivity contribution is -0.268. The molecule has 0 radical (unpaired) electrons. The second kappa shape index (κ2) is 6.62. The highest BCUT2D eigenvalue weighted by Gasteiger charge is 2.53. The third-order valence-corrected chi connectivity index (χ3v) is 3.22. The highest BCUT2D eigenvalue weighted by molar-refractivity contribution is 5.71. The van der Waals surface area contributed by atoms with Gasteiger partial charge in [-0.2, -0.15) is 17.6 Å². The molecule has 8 heteroatoms. The zero-order chi connectivity index (χ0) is 17.1. The van der Waals surface area contributed by atoms with Crippen LogP contribution in [0.2, 0.25) is 0 Å². The molecule has 0 spiro atoms. The van der Waals surface area contributed by atoms with E-state index in [2.05, 4.69) is 0 Å². The lowest BCUT2D eigenvalue weighted by atomic mass is 9.89. The van der Waals surface area contributed by atoms with Gasteiger partial charge in [-0.3, -0.25) is 0 Å². The van der Waals surface area contributed by atoms with E-state index in [-0.39, 0.29) is 11.1 Å². The van der Waals surface area contributed by atoms with Gasteiger partial charge in [0.25, 0.3) is 0 Å². The molecule has 1 aromatic carbocycles. The summed E-state index contributed by atoms with van der Waals surface area (Å²) in [6, 6.07) is 1.78. The molecule has 0 fully saturated rings. The van der Waals surface area contributed by atoms with Crippen LogP contribution in [0.15, 0.2) is 18.2 Å². The SMILES string of the molecule is C/C=C(\CC(O)(CO)C(F)(F)F)c1ccc(F)c(F)c1OC. The summed E-state index contributed by atoms with van der Waals surface area (Å²) in [5, 5.41) is 18.5. The van der Waals surface area contributed by atoms with Crippen LogP contribution in [-0.4, -0.2) is 35.7 Å². The number of hydrogen-bond donors (Lipinski definition) is 2. The van der Waals surface area contributed by atoms with Crippen LogP contribution in [0, 0.1) is 11.6 Å². The van der Waals surface area contributed by atoms with Crippen molar-refractivity contribution in [2.75, 3.05) is 13.7 Å². The third kappa shape index (κ3) is 3.38. The summed E-state index contributed by atoms with van der Waals surface area (Å²) < 4.78 is 70.0. The predicted molar refractivity (Wildman–Crippen MR) is 69.3 cm³/mol. The van der Waals surface area contributed by atoms with Crippen molar-refractivity contribution < 1.29 is 36.9 Å².